The van der Waals surface area contributed by atoms with Gasteiger partial charge in [0, 0.05) is 31.7 Å². The Balaban J connectivity index is 1.38. The van der Waals surface area contributed by atoms with Crippen molar-refractivity contribution in [2.45, 2.75) is 12.7 Å². The van der Waals surface area contributed by atoms with Gasteiger partial charge in [-0.05, 0) is 30.3 Å². The van der Waals surface area contributed by atoms with Gasteiger partial charge in [-0.1, -0.05) is 18.2 Å². The van der Waals surface area contributed by atoms with E-state index in [4.69, 9.17) is 0 Å². The minimum atomic E-state index is -4.45. The smallest absolute Gasteiger partial charge is 0.336 e. The third-order valence-corrected chi connectivity index (χ3v) is 5.81. The van der Waals surface area contributed by atoms with E-state index in [0.29, 0.717) is 32.7 Å². The van der Waals surface area contributed by atoms with Crippen LogP contribution in [-0.4, -0.2) is 46.9 Å². The average Bonchev–Trinajstić information content (AvgIpc) is 3.10. The van der Waals surface area contributed by atoms with Crippen molar-refractivity contribution in [2.75, 3.05) is 26.2 Å². The van der Waals surface area contributed by atoms with Gasteiger partial charge < -0.3 is 4.90 Å². The topological polar surface area (TPSA) is 36.4 Å². The lowest BCUT2D eigenvalue weighted by molar-refractivity contribution is -0.137. The van der Waals surface area contributed by atoms with Crippen molar-refractivity contribution in [2.24, 2.45) is 0 Å². The first-order valence-corrected chi connectivity index (χ1v) is 9.75. The molecule has 0 radical (unpaired) electrons. The van der Waals surface area contributed by atoms with Gasteiger partial charge in [0.05, 0.1) is 22.3 Å². The van der Waals surface area contributed by atoms with Crippen LogP contribution in [0.1, 0.15) is 20.9 Å². The first kappa shape index (κ1) is 18.9. The van der Waals surface area contributed by atoms with E-state index in [1.54, 1.807) is 16.2 Å². The number of piperazine rings is 1. The van der Waals surface area contributed by atoms with Crippen molar-refractivity contribution in [3.05, 3.63) is 64.7 Å². The zero-order valence-corrected chi connectivity index (χ0v) is 15.8. The molecule has 0 bridgehead atoms. The monoisotopic (exact) mass is 405 g/mol. The number of fused-ring (bicyclic) bond motifs is 1. The number of rotatable bonds is 3. The van der Waals surface area contributed by atoms with Crippen molar-refractivity contribution in [1.82, 2.24) is 14.8 Å². The van der Waals surface area contributed by atoms with Crippen LogP contribution in [0.5, 0.6) is 0 Å². The fourth-order valence-electron chi connectivity index (χ4n) is 3.30. The summed E-state index contributed by atoms with van der Waals surface area (Å²) >= 11 is 1.66. The number of hydrogen-bond donors (Lipinski definition) is 0. The van der Waals surface area contributed by atoms with Gasteiger partial charge in [-0.15, -0.1) is 11.3 Å². The SMILES string of the molecule is O=C(c1cccc(C(F)(F)F)c1)N1CCN(Cc2nc3ccccc3s2)CC1. The molecule has 4 nitrogen and oxygen atoms in total. The number of nitrogens with zero attached hydrogens (tertiary/aromatic N) is 3. The minimum Gasteiger partial charge on any atom is -0.336 e. The van der Waals surface area contributed by atoms with Crippen LogP contribution < -0.4 is 0 Å². The Morgan fingerprint density at radius 3 is 2.50 bits per heavy atom. The van der Waals surface area contributed by atoms with Gasteiger partial charge in [-0.2, -0.15) is 13.2 Å². The molecule has 8 heteroatoms. The van der Waals surface area contributed by atoms with Crippen LogP contribution >= 0.6 is 11.3 Å². The van der Waals surface area contributed by atoms with E-state index in [-0.39, 0.29) is 11.5 Å². The molecule has 1 fully saturated rings. The van der Waals surface area contributed by atoms with Gasteiger partial charge >= 0.3 is 6.18 Å². The van der Waals surface area contributed by atoms with E-state index in [1.165, 1.54) is 12.1 Å². The number of halogens is 3. The van der Waals surface area contributed by atoms with Crippen LogP contribution in [0, 0.1) is 0 Å². The van der Waals surface area contributed by atoms with Crippen molar-refractivity contribution in [3.8, 4) is 0 Å². The number of amides is 1. The second-order valence-corrected chi connectivity index (χ2v) is 7.84. The first-order chi connectivity index (χ1) is 13.4. The summed E-state index contributed by atoms with van der Waals surface area (Å²) in [7, 11) is 0. The number of aromatic nitrogens is 1. The van der Waals surface area contributed by atoms with E-state index in [0.717, 1.165) is 27.4 Å². The molecule has 1 saturated heterocycles. The van der Waals surface area contributed by atoms with Gasteiger partial charge in [0.15, 0.2) is 0 Å². The number of carbonyl (C=O) groups excluding carboxylic acids is 1. The van der Waals surface area contributed by atoms with E-state index >= 15 is 0 Å². The fraction of sp³-hybridized carbons (Fsp3) is 0.300. The molecule has 2 heterocycles. The summed E-state index contributed by atoms with van der Waals surface area (Å²) in [6.07, 6.45) is -4.45. The first-order valence-electron chi connectivity index (χ1n) is 8.93. The van der Waals surface area contributed by atoms with Crippen molar-refractivity contribution < 1.29 is 18.0 Å². The molecule has 0 unspecified atom stereocenters. The van der Waals surface area contributed by atoms with E-state index in [9.17, 15) is 18.0 Å². The quantitative estimate of drug-likeness (QED) is 0.653. The summed E-state index contributed by atoms with van der Waals surface area (Å²) in [5, 5.41) is 1.03. The lowest BCUT2D eigenvalue weighted by Gasteiger charge is -2.34. The third kappa shape index (κ3) is 4.02. The Kier molecular flexibility index (Phi) is 5.07. The van der Waals surface area contributed by atoms with Gasteiger partial charge in [0.2, 0.25) is 0 Å². The van der Waals surface area contributed by atoms with Crippen LogP contribution in [0.25, 0.3) is 10.2 Å². The number of benzene rings is 2. The molecule has 1 aliphatic rings. The zero-order chi connectivity index (χ0) is 19.7. The Morgan fingerprint density at radius 2 is 1.79 bits per heavy atom. The molecule has 1 amide bonds. The average molecular weight is 405 g/mol. The van der Waals surface area contributed by atoms with E-state index in [1.807, 2.05) is 24.3 Å². The van der Waals surface area contributed by atoms with Crippen molar-refractivity contribution in [1.29, 1.82) is 0 Å². The van der Waals surface area contributed by atoms with Crippen LogP contribution in [0.15, 0.2) is 48.5 Å². The predicted molar refractivity (Wildman–Crippen MR) is 102 cm³/mol. The zero-order valence-electron chi connectivity index (χ0n) is 14.9. The molecule has 1 aliphatic heterocycles. The lowest BCUT2D eigenvalue weighted by atomic mass is 10.1. The van der Waals surface area contributed by atoms with Crippen LogP contribution in [0.2, 0.25) is 0 Å². The standard InChI is InChI=1S/C20H18F3N3OS/c21-20(22,23)15-5-3-4-14(12-15)19(27)26-10-8-25(9-11-26)13-18-24-16-6-1-2-7-17(16)28-18/h1-7,12H,8-11,13H2. The highest BCUT2D eigenvalue weighted by molar-refractivity contribution is 7.18. The molecular weight excluding hydrogens is 387 g/mol. The van der Waals surface area contributed by atoms with Crippen molar-refractivity contribution in [3.63, 3.8) is 0 Å². The molecule has 0 saturated carbocycles. The highest BCUT2D eigenvalue weighted by Gasteiger charge is 2.31. The molecule has 2 aromatic carbocycles. The fourth-order valence-corrected chi connectivity index (χ4v) is 4.31. The molecule has 0 atom stereocenters. The highest BCUT2D eigenvalue weighted by atomic mass is 32.1. The summed E-state index contributed by atoms with van der Waals surface area (Å²) < 4.78 is 39.8. The normalized spacial score (nSPS) is 15.9. The Bertz CT molecular complexity index is 961. The van der Waals surface area contributed by atoms with Gasteiger partial charge in [-0.25, -0.2) is 4.98 Å². The minimum absolute atomic E-state index is 0.0782. The molecule has 4 rings (SSSR count). The number of alkyl halides is 3. The lowest BCUT2D eigenvalue weighted by Crippen LogP contribution is -2.48. The molecule has 0 aliphatic carbocycles. The molecular formula is C20H18F3N3OS. The summed E-state index contributed by atoms with van der Waals surface area (Å²) in [5.41, 5.74) is 0.267. The summed E-state index contributed by atoms with van der Waals surface area (Å²) in [6.45, 7) is 3.02. The van der Waals surface area contributed by atoms with Crippen LogP contribution in [-0.2, 0) is 12.7 Å². The largest absolute Gasteiger partial charge is 0.416 e. The maximum Gasteiger partial charge on any atom is 0.416 e. The molecule has 28 heavy (non-hydrogen) atoms. The highest BCUT2D eigenvalue weighted by Crippen LogP contribution is 2.30. The third-order valence-electron chi connectivity index (χ3n) is 4.79. The summed E-state index contributed by atoms with van der Waals surface area (Å²) in [6, 6.07) is 12.6. The maximum atomic E-state index is 12.9. The number of thiazole rings is 1. The second kappa shape index (κ2) is 7.52. The van der Waals surface area contributed by atoms with Crippen LogP contribution in [0.3, 0.4) is 0 Å². The van der Waals surface area contributed by atoms with Gasteiger partial charge in [0.1, 0.15) is 5.01 Å². The van der Waals surface area contributed by atoms with Crippen molar-refractivity contribution >= 4 is 27.5 Å². The number of carbonyl (C=O) groups is 1. The van der Waals surface area contributed by atoms with Crippen LogP contribution in [0.4, 0.5) is 13.2 Å². The second-order valence-electron chi connectivity index (χ2n) is 6.72. The summed E-state index contributed by atoms with van der Waals surface area (Å²) in [4.78, 5) is 21.1. The molecule has 0 spiro atoms. The Hall–Kier alpha value is -2.45. The molecule has 3 aromatic rings. The Labute approximate surface area is 164 Å². The number of para-hydroxylation sites is 1. The van der Waals surface area contributed by atoms with Gasteiger partial charge in [0.25, 0.3) is 5.91 Å². The molecule has 0 N–H and O–H groups in total. The summed E-state index contributed by atoms with van der Waals surface area (Å²) in [5.74, 6) is -0.356. The predicted octanol–water partition coefficient (Wildman–Crippen LogP) is 4.27. The van der Waals surface area contributed by atoms with E-state index in [2.05, 4.69) is 9.88 Å². The maximum absolute atomic E-state index is 12.9. The Morgan fingerprint density at radius 1 is 1.04 bits per heavy atom. The number of hydrogen-bond acceptors (Lipinski definition) is 4. The van der Waals surface area contributed by atoms with E-state index < -0.39 is 11.7 Å². The molecule has 1 aromatic heterocycles. The van der Waals surface area contributed by atoms with Gasteiger partial charge in [-0.3, -0.25) is 9.69 Å². The molecule has 146 valence electrons.